The van der Waals surface area contributed by atoms with Gasteiger partial charge in [-0.2, -0.15) is 0 Å². The predicted molar refractivity (Wildman–Crippen MR) is 55.0 cm³/mol. The van der Waals surface area contributed by atoms with Gasteiger partial charge in [0.15, 0.2) is 0 Å². The van der Waals surface area contributed by atoms with Crippen LogP contribution in [0.3, 0.4) is 0 Å². The van der Waals surface area contributed by atoms with E-state index in [-0.39, 0.29) is 5.56 Å². The van der Waals surface area contributed by atoms with Gasteiger partial charge in [0.2, 0.25) is 0 Å². The summed E-state index contributed by atoms with van der Waals surface area (Å²) in [4.78, 5) is 10.9. The van der Waals surface area contributed by atoms with Crippen molar-refractivity contribution in [2.45, 2.75) is 6.04 Å². The van der Waals surface area contributed by atoms with E-state index < -0.39 is 17.8 Å². The molecule has 0 aliphatic heterocycles. The highest BCUT2D eigenvalue weighted by Gasteiger charge is 2.21. The summed E-state index contributed by atoms with van der Waals surface area (Å²) in [5, 5.41) is 11.6. The van der Waals surface area contributed by atoms with Crippen LogP contribution < -0.4 is 5.32 Å². The van der Waals surface area contributed by atoms with E-state index >= 15 is 0 Å². The van der Waals surface area contributed by atoms with Gasteiger partial charge in [0.05, 0.1) is 0 Å². The van der Waals surface area contributed by atoms with Crippen molar-refractivity contribution < 1.29 is 14.3 Å². The van der Waals surface area contributed by atoms with Crippen molar-refractivity contribution in [3.05, 3.63) is 48.3 Å². The summed E-state index contributed by atoms with van der Waals surface area (Å²) in [7, 11) is 0. The number of nitrogens with one attached hydrogen (secondary N) is 1. The molecule has 0 aromatic heterocycles. The lowest BCUT2D eigenvalue weighted by Gasteiger charge is -2.13. The minimum Gasteiger partial charge on any atom is -0.480 e. The minimum absolute atomic E-state index is 0.131. The molecule has 0 amide bonds. The third-order valence-electron chi connectivity index (χ3n) is 1.93. The maximum absolute atomic E-state index is 13.3. The van der Waals surface area contributed by atoms with Crippen LogP contribution in [0.1, 0.15) is 11.6 Å². The molecule has 80 valence electrons. The maximum Gasteiger partial charge on any atom is 0.325 e. The lowest BCUT2D eigenvalue weighted by molar-refractivity contribution is -0.139. The van der Waals surface area contributed by atoms with E-state index in [1.165, 1.54) is 24.3 Å². The minimum atomic E-state index is -1.11. The Morgan fingerprint density at radius 2 is 2.27 bits per heavy atom. The molecular weight excluding hydrogens is 197 g/mol. The molecule has 2 N–H and O–H groups in total. The number of hydrogen-bond acceptors (Lipinski definition) is 2. The van der Waals surface area contributed by atoms with Gasteiger partial charge in [0, 0.05) is 12.1 Å². The topological polar surface area (TPSA) is 49.3 Å². The summed E-state index contributed by atoms with van der Waals surface area (Å²) in [6.07, 6.45) is 1.52. The van der Waals surface area contributed by atoms with E-state index in [0.717, 1.165) is 0 Å². The summed E-state index contributed by atoms with van der Waals surface area (Å²) < 4.78 is 13.3. The van der Waals surface area contributed by atoms with Gasteiger partial charge in [0.1, 0.15) is 11.9 Å². The fourth-order valence-electron chi connectivity index (χ4n) is 1.24. The molecule has 3 nitrogen and oxygen atoms in total. The second-order valence-electron chi connectivity index (χ2n) is 2.99. The molecule has 15 heavy (non-hydrogen) atoms. The number of carbonyl (C=O) groups is 1. The highest BCUT2D eigenvalue weighted by atomic mass is 19.1. The average Bonchev–Trinajstić information content (AvgIpc) is 2.20. The van der Waals surface area contributed by atoms with Gasteiger partial charge in [-0.25, -0.2) is 4.39 Å². The van der Waals surface area contributed by atoms with Crippen molar-refractivity contribution in [1.82, 2.24) is 5.32 Å². The SMILES string of the molecule is C=CCNC(C(=O)O)c1ccccc1F. The normalized spacial score (nSPS) is 12.1. The van der Waals surface area contributed by atoms with Gasteiger partial charge in [-0.1, -0.05) is 24.3 Å². The van der Waals surface area contributed by atoms with E-state index in [2.05, 4.69) is 11.9 Å². The first-order valence-electron chi connectivity index (χ1n) is 4.48. The van der Waals surface area contributed by atoms with Crippen LogP contribution in [0.4, 0.5) is 4.39 Å². The molecule has 0 bridgehead atoms. The predicted octanol–water partition coefficient (Wildman–Crippen LogP) is 1.73. The van der Waals surface area contributed by atoms with Gasteiger partial charge in [0.25, 0.3) is 0 Å². The Bertz CT molecular complexity index is 365. The van der Waals surface area contributed by atoms with Gasteiger partial charge in [-0.15, -0.1) is 6.58 Å². The van der Waals surface area contributed by atoms with Crippen LogP contribution in [0, 0.1) is 5.82 Å². The molecule has 0 fully saturated rings. The summed E-state index contributed by atoms with van der Waals surface area (Å²) in [5.41, 5.74) is 0.131. The van der Waals surface area contributed by atoms with E-state index in [0.29, 0.717) is 6.54 Å². The summed E-state index contributed by atoms with van der Waals surface area (Å²) in [5.74, 6) is -1.64. The zero-order chi connectivity index (χ0) is 11.3. The molecule has 0 aliphatic carbocycles. The van der Waals surface area contributed by atoms with Crippen LogP contribution in [0.25, 0.3) is 0 Å². The smallest absolute Gasteiger partial charge is 0.325 e. The zero-order valence-electron chi connectivity index (χ0n) is 8.11. The van der Waals surface area contributed by atoms with Crippen LogP contribution in [-0.2, 0) is 4.79 Å². The molecule has 0 saturated carbocycles. The first-order chi connectivity index (χ1) is 7.16. The van der Waals surface area contributed by atoms with E-state index in [1.807, 2.05) is 0 Å². The standard InChI is InChI=1S/C11H12FNO2/c1-2-7-13-10(11(14)15)8-5-3-4-6-9(8)12/h2-6,10,13H,1,7H2,(H,14,15). The van der Waals surface area contributed by atoms with E-state index in [1.54, 1.807) is 6.07 Å². The first-order valence-corrected chi connectivity index (χ1v) is 4.48. The van der Waals surface area contributed by atoms with Crippen molar-refractivity contribution in [2.24, 2.45) is 0 Å². The first kappa shape index (κ1) is 11.4. The van der Waals surface area contributed by atoms with Crippen molar-refractivity contribution in [2.75, 3.05) is 6.54 Å². The Labute approximate surface area is 87.2 Å². The van der Waals surface area contributed by atoms with Crippen LogP contribution in [0.5, 0.6) is 0 Å². The lowest BCUT2D eigenvalue weighted by Crippen LogP contribution is -2.29. The van der Waals surface area contributed by atoms with E-state index in [9.17, 15) is 9.18 Å². The summed E-state index contributed by atoms with van der Waals surface area (Å²) in [6, 6.07) is 4.77. The summed E-state index contributed by atoms with van der Waals surface area (Å²) in [6.45, 7) is 3.77. The number of halogens is 1. The number of aliphatic carboxylic acids is 1. The molecular formula is C11H12FNO2. The molecule has 1 atom stereocenters. The number of benzene rings is 1. The quantitative estimate of drug-likeness (QED) is 0.726. The molecule has 0 aliphatic rings. The molecule has 0 spiro atoms. The molecule has 1 unspecified atom stereocenters. The largest absolute Gasteiger partial charge is 0.480 e. The van der Waals surface area contributed by atoms with Gasteiger partial charge >= 0.3 is 5.97 Å². The Balaban J connectivity index is 2.93. The highest BCUT2D eigenvalue weighted by Crippen LogP contribution is 2.16. The van der Waals surface area contributed by atoms with Crippen molar-refractivity contribution in [3.63, 3.8) is 0 Å². The van der Waals surface area contributed by atoms with Crippen molar-refractivity contribution >= 4 is 5.97 Å². The molecule has 0 heterocycles. The molecule has 4 heteroatoms. The molecule has 0 radical (unpaired) electrons. The third-order valence-corrected chi connectivity index (χ3v) is 1.93. The number of carboxylic acid groups (broad SMARTS) is 1. The van der Waals surface area contributed by atoms with E-state index in [4.69, 9.17) is 5.11 Å². The van der Waals surface area contributed by atoms with Crippen LogP contribution in [0.15, 0.2) is 36.9 Å². The highest BCUT2D eigenvalue weighted by molar-refractivity contribution is 5.75. The number of carboxylic acids is 1. The molecule has 1 aromatic rings. The van der Waals surface area contributed by atoms with Gasteiger partial charge in [-0.05, 0) is 6.07 Å². The zero-order valence-corrected chi connectivity index (χ0v) is 8.11. The molecule has 1 rings (SSSR count). The van der Waals surface area contributed by atoms with Crippen LogP contribution in [0.2, 0.25) is 0 Å². The Morgan fingerprint density at radius 3 is 2.80 bits per heavy atom. The fraction of sp³-hybridized carbons (Fsp3) is 0.182. The van der Waals surface area contributed by atoms with Crippen molar-refractivity contribution in [1.29, 1.82) is 0 Å². The molecule has 1 aromatic carbocycles. The second kappa shape index (κ2) is 5.26. The van der Waals surface area contributed by atoms with Crippen LogP contribution in [-0.4, -0.2) is 17.6 Å². The van der Waals surface area contributed by atoms with Gasteiger partial charge < -0.3 is 5.11 Å². The number of hydrogen-bond donors (Lipinski definition) is 2. The number of rotatable bonds is 5. The monoisotopic (exact) mass is 209 g/mol. The fourth-order valence-corrected chi connectivity index (χ4v) is 1.24. The summed E-state index contributed by atoms with van der Waals surface area (Å²) >= 11 is 0. The van der Waals surface area contributed by atoms with Crippen LogP contribution >= 0.6 is 0 Å². The maximum atomic E-state index is 13.3. The lowest BCUT2D eigenvalue weighted by atomic mass is 10.1. The molecule has 0 saturated heterocycles. The Morgan fingerprint density at radius 1 is 1.60 bits per heavy atom. The average molecular weight is 209 g/mol. The van der Waals surface area contributed by atoms with Gasteiger partial charge in [-0.3, -0.25) is 10.1 Å². The Kier molecular flexibility index (Phi) is 4.00. The van der Waals surface area contributed by atoms with Crippen molar-refractivity contribution in [3.8, 4) is 0 Å². The Hall–Kier alpha value is -1.68. The second-order valence-corrected chi connectivity index (χ2v) is 2.99. The third kappa shape index (κ3) is 2.89.